The predicted molar refractivity (Wildman–Crippen MR) is 63.3 cm³/mol. The molecule has 1 aromatic rings. The van der Waals surface area contributed by atoms with Crippen molar-refractivity contribution < 1.29 is 4.79 Å². The van der Waals surface area contributed by atoms with Crippen LogP contribution in [0.25, 0.3) is 0 Å². The van der Waals surface area contributed by atoms with Gasteiger partial charge in [0.15, 0.2) is 0 Å². The summed E-state index contributed by atoms with van der Waals surface area (Å²) in [6.07, 6.45) is 0.228. The summed E-state index contributed by atoms with van der Waals surface area (Å²) in [5.41, 5.74) is 6.68. The topological polar surface area (TPSA) is 46.3 Å². The molecule has 5 heteroatoms. The lowest BCUT2D eigenvalue weighted by Crippen LogP contribution is -2.23. The molecule has 0 unspecified atom stereocenters. The molecule has 0 atom stereocenters. The number of carbonyl (C=O) groups is 1. The van der Waals surface area contributed by atoms with E-state index in [2.05, 4.69) is 0 Å². The number of likely N-dealkylation sites (N-methyl/N-ethyl adjacent to an activating group) is 1. The van der Waals surface area contributed by atoms with Gasteiger partial charge in [-0.15, -0.1) is 0 Å². The second-order valence-electron chi connectivity index (χ2n) is 3.43. The second-order valence-corrected chi connectivity index (χ2v) is 4.24. The summed E-state index contributed by atoms with van der Waals surface area (Å²) >= 11 is 11.8. The van der Waals surface area contributed by atoms with E-state index in [4.69, 9.17) is 28.9 Å². The van der Waals surface area contributed by atoms with Gasteiger partial charge in [0, 0.05) is 19.1 Å². The SMILES string of the molecule is CN(C)C(=O)Cc1cc(Cl)c(N)cc1Cl. The van der Waals surface area contributed by atoms with Crippen LogP contribution in [0.5, 0.6) is 0 Å². The quantitative estimate of drug-likeness (QED) is 0.814. The lowest BCUT2D eigenvalue weighted by atomic mass is 10.1. The summed E-state index contributed by atoms with van der Waals surface area (Å²) in [4.78, 5) is 13.0. The minimum atomic E-state index is -0.0299. The van der Waals surface area contributed by atoms with E-state index in [-0.39, 0.29) is 12.3 Å². The number of halogens is 2. The molecule has 1 rings (SSSR count). The molecular weight excluding hydrogens is 235 g/mol. The molecule has 15 heavy (non-hydrogen) atoms. The smallest absolute Gasteiger partial charge is 0.226 e. The average Bonchev–Trinajstić information content (AvgIpc) is 2.13. The first-order chi connectivity index (χ1) is 6.91. The van der Waals surface area contributed by atoms with Crippen LogP contribution in [0.1, 0.15) is 5.56 Å². The van der Waals surface area contributed by atoms with Crippen molar-refractivity contribution in [1.29, 1.82) is 0 Å². The summed E-state index contributed by atoms with van der Waals surface area (Å²) in [6.45, 7) is 0. The first kappa shape index (κ1) is 12.1. The van der Waals surface area contributed by atoms with Gasteiger partial charge in [-0.05, 0) is 17.7 Å². The molecule has 1 amide bonds. The second kappa shape index (κ2) is 4.73. The predicted octanol–water partition coefficient (Wildman–Crippen LogP) is 2.21. The van der Waals surface area contributed by atoms with E-state index in [9.17, 15) is 4.79 Å². The zero-order valence-corrected chi connectivity index (χ0v) is 10.1. The molecule has 0 heterocycles. The molecule has 2 N–H and O–H groups in total. The van der Waals surface area contributed by atoms with Gasteiger partial charge >= 0.3 is 0 Å². The molecule has 0 spiro atoms. The normalized spacial score (nSPS) is 10.1. The molecule has 0 aromatic heterocycles. The van der Waals surface area contributed by atoms with Crippen LogP contribution in [0.4, 0.5) is 5.69 Å². The van der Waals surface area contributed by atoms with Gasteiger partial charge in [-0.3, -0.25) is 4.79 Å². The van der Waals surface area contributed by atoms with Gasteiger partial charge in [-0.1, -0.05) is 23.2 Å². The van der Waals surface area contributed by atoms with E-state index in [1.165, 1.54) is 4.90 Å². The number of benzene rings is 1. The monoisotopic (exact) mass is 246 g/mol. The zero-order chi connectivity index (χ0) is 11.6. The third-order valence-corrected chi connectivity index (χ3v) is 2.69. The fourth-order valence-corrected chi connectivity index (χ4v) is 1.49. The van der Waals surface area contributed by atoms with E-state index in [0.29, 0.717) is 21.3 Å². The summed E-state index contributed by atoms with van der Waals surface area (Å²) < 4.78 is 0. The van der Waals surface area contributed by atoms with Crippen molar-refractivity contribution in [2.45, 2.75) is 6.42 Å². The van der Waals surface area contributed by atoms with E-state index in [0.717, 1.165) is 0 Å². The summed E-state index contributed by atoms with van der Waals surface area (Å²) in [7, 11) is 3.38. The third-order valence-electron chi connectivity index (χ3n) is 2.01. The van der Waals surface area contributed by atoms with Crippen molar-refractivity contribution in [3.05, 3.63) is 27.7 Å². The molecule has 0 radical (unpaired) electrons. The van der Waals surface area contributed by atoms with Crippen LogP contribution in [0.3, 0.4) is 0 Å². The van der Waals surface area contributed by atoms with E-state index in [1.807, 2.05) is 0 Å². The highest BCUT2D eigenvalue weighted by atomic mass is 35.5. The number of nitrogen functional groups attached to an aromatic ring is 1. The first-order valence-electron chi connectivity index (χ1n) is 4.35. The minimum Gasteiger partial charge on any atom is -0.397 e. The van der Waals surface area contributed by atoms with Crippen molar-refractivity contribution >= 4 is 34.8 Å². The van der Waals surface area contributed by atoms with Gasteiger partial charge < -0.3 is 10.6 Å². The number of rotatable bonds is 2. The number of carbonyl (C=O) groups excluding carboxylic acids is 1. The van der Waals surface area contributed by atoms with Gasteiger partial charge in [-0.25, -0.2) is 0 Å². The molecule has 82 valence electrons. The molecule has 0 aliphatic heterocycles. The Balaban J connectivity index is 2.96. The first-order valence-corrected chi connectivity index (χ1v) is 5.11. The van der Waals surface area contributed by atoms with Gasteiger partial charge in [0.2, 0.25) is 5.91 Å². The lowest BCUT2D eigenvalue weighted by Gasteiger charge is -2.11. The summed E-state index contributed by atoms with van der Waals surface area (Å²) in [5, 5.41) is 0.882. The Morgan fingerprint density at radius 2 is 1.93 bits per heavy atom. The Bertz CT molecular complexity index is 391. The summed E-state index contributed by atoms with van der Waals surface area (Å²) in [5.74, 6) is -0.0299. The molecule has 0 saturated heterocycles. The number of hydrogen-bond donors (Lipinski definition) is 1. The zero-order valence-electron chi connectivity index (χ0n) is 8.55. The van der Waals surface area contributed by atoms with Crippen molar-refractivity contribution in [2.24, 2.45) is 0 Å². The van der Waals surface area contributed by atoms with Gasteiger partial charge in [0.1, 0.15) is 0 Å². The maximum Gasteiger partial charge on any atom is 0.226 e. The molecular formula is C10H12Cl2N2O. The van der Waals surface area contributed by atoms with Crippen LogP contribution in [-0.4, -0.2) is 24.9 Å². The highest BCUT2D eigenvalue weighted by Gasteiger charge is 2.10. The standard InChI is InChI=1S/C10H12Cl2N2O/c1-14(2)10(15)4-6-3-8(12)9(13)5-7(6)11/h3,5H,4,13H2,1-2H3. The average molecular weight is 247 g/mol. The van der Waals surface area contributed by atoms with E-state index < -0.39 is 0 Å². The van der Waals surface area contributed by atoms with Crippen molar-refractivity contribution in [1.82, 2.24) is 4.90 Å². The molecule has 0 bridgehead atoms. The fraction of sp³-hybridized carbons (Fsp3) is 0.300. The maximum absolute atomic E-state index is 11.5. The molecule has 3 nitrogen and oxygen atoms in total. The number of amides is 1. The maximum atomic E-state index is 11.5. The van der Waals surface area contributed by atoms with Crippen molar-refractivity contribution in [3.8, 4) is 0 Å². The van der Waals surface area contributed by atoms with Crippen LogP contribution in [-0.2, 0) is 11.2 Å². The van der Waals surface area contributed by atoms with Crippen molar-refractivity contribution in [3.63, 3.8) is 0 Å². The summed E-state index contributed by atoms with van der Waals surface area (Å²) in [6, 6.07) is 3.18. The third kappa shape index (κ3) is 3.01. The lowest BCUT2D eigenvalue weighted by molar-refractivity contribution is -0.127. The Labute approximate surface area is 98.8 Å². The fourth-order valence-electron chi connectivity index (χ4n) is 1.06. The van der Waals surface area contributed by atoms with Crippen LogP contribution in [0.2, 0.25) is 10.0 Å². The number of nitrogens with two attached hydrogens (primary N) is 1. The number of nitrogens with zero attached hydrogens (tertiary/aromatic N) is 1. The molecule has 0 aliphatic rings. The van der Waals surface area contributed by atoms with E-state index in [1.54, 1.807) is 26.2 Å². The van der Waals surface area contributed by atoms with Gasteiger partial charge in [0.05, 0.1) is 17.1 Å². The largest absolute Gasteiger partial charge is 0.397 e. The van der Waals surface area contributed by atoms with Crippen LogP contribution in [0, 0.1) is 0 Å². The molecule has 0 aliphatic carbocycles. The van der Waals surface area contributed by atoms with Gasteiger partial charge in [-0.2, -0.15) is 0 Å². The Morgan fingerprint density at radius 3 is 2.47 bits per heavy atom. The van der Waals surface area contributed by atoms with Crippen LogP contribution >= 0.6 is 23.2 Å². The van der Waals surface area contributed by atoms with E-state index >= 15 is 0 Å². The molecule has 0 fully saturated rings. The Hall–Kier alpha value is -0.930. The van der Waals surface area contributed by atoms with Crippen LogP contribution in [0.15, 0.2) is 12.1 Å². The van der Waals surface area contributed by atoms with Crippen LogP contribution < -0.4 is 5.73 Å². The number of anilines is 1. The Kier molecular flexibility index (Phi) is 3.83. The van der Waals surface area contributed by atoms with Crippen molar-refractivity contribution in [2.75, 3.05) is 19.8 Å². The molecule has 0 saturated carbocycles. The molecule has 1 aromatic carbocycles. The highest BCUT2D eigenvalue weighted by molar-refractivity contribution is 6.35. The Morgan fingerprint density at radius 1 is 1.33 bits per heavy atom. The highest BCUT2D eigenvalue weighted by Crippen LogP contribution is 2.27. The minimum absolute atomic E-state index is 0.0299. The van der Waals surface area contributed by atoms with Gasteiger partial charge in [0.25, 0.3) is 0 Å². The number of hydrogen-bond acceptors (Lipinski definition) is 2.